The van der Waals surface area contributed by atoms with Crippen molar-refractivity contribution in [1.29, 1.82) is 0 Å². The summed E-state index contributed by atoms with van der Waals surface area (Å²) in [4.78, 5) is 10.5. The molecule has 1 rings (SSSR count). The van der Waals surface area contributed by atoms with Crippen LogP contribution in [-0.2, 0) is 4.79 Å². The molecule has 1 heteroatoms. The predicted octanol–water partition coefficient (Wildman–Crippen LogP) is 3.87. The van der Waals surface area contributed by atoms with Crippen LogP contribution < -0.4 is 0 Å². The van der Waals surface area contributed by atoms with Crippen molar-refractivity contribution in [3.05, 3.63) is 54.1 Å². The van der Waals surface area contributed by atoms with Crippen LogP contribution >= 0.6 is 0 Å². The molecule has 1 aromatic rings. The van der Waals surface area contributed by atoms with Crippen molar-refractivity contribution in [1.82, 2.24) is 0 Å². The molecule has 0 aliphatic heterocycles. The largest absolute Gasteiger partial charge is 0.295 e. The maximum absolute atomic E-state index is 10.5. The lowest BCUT2D eigenvalue weighted by Crippen LogP contribution is -1.77. The van der Waals surface area contributed by atoms with E-state index in [1.165, 1.54) is 6.92 Å². The lowest BCUT2D eigenvalue weighted by atomic mass is 10.2. The van der Waals surface area contributed by atoms with E-state index in [2.05, 4.69) is 0 Å². The van der Waals surface area contributed by atoms with Crippen LogP contribution in [0.2, 0.25) is 0 Å². The highest BCUT2D eigenvalue weighted by Crippen LogP contribution is 2.00. The highest BCUT2D eigenvalue weighted by atomic mass is 16.1. The monoisotopic (exact) mass is 202 g/mol. The first-order chi connectivity index (χ1) is 7.29. The number of hydrogen-bond acceptors (Lipinski definition) is 1. The number of carbonyl (C=O) groups excluding carboxylic acids is 1. The molecule has 0 fully saturated rings. The van der Waals surface area contributed by atoms with Gasteiger partial charge in [-0.05, 0) is 18.6 Å². The third-order valence-electron chi connectivity index (χ3n) is 1.53. The SMILES string of the molecule is CC.CC(=O)/C=C/C=C/c1ccccc1. The van der Waals surface area contributed by atoms with Gasteiger partial charge in [-0.3, -0.25) is 4.79 Å². The molecule has 0 saturated carbocycles. The molecular weight excluding hydrogens is 184 g/mol. The number of ketones is 1. The maximum atomic E-state index is 10.5. The van der Waals surface area contributed by atoms with Gasteiger partial charge in [-0.2, -0.15) is 0 Å². The second kappa shape index (κ2) is 8.95. The fourth-order valence-electron chi connectivity index (χ4n) is 0.922. The molecule has 0 amide bonds. The number of hydrogen-bond donors (Lipinski definition) is 0. The minimum atomic E-state index is 0.0673. The van der Waals surface area contributed by atoms with Gasteiger partial charge in [-0.15, -0.1) is 0 Å². The van der Waals surface area contributed by atoms with Gasteiger partial charge >= 0.3 is 0 Å². The van der Waals surface area contributed by atoms with Gasteiger partial charge in [-0.1, -0.05) is 62.4 Å². The quantitative estimate of drug-likeness (QED) is 0.537. The summed E-state index contributed by atoms with van der Waals surface area (Å²) < 4.78 is 0. The van der Waals surface area contributed by atoms with E-state index in [0.717, 1.165) is 5.56 Å². The molecule has 0 N–H and O–H groups in total. The first-order valence-electron chi connectivity index (χ1n) is 5.19. The smallest absolute Gasteiger partial charge is 0.152 e. The van der Waals surface area contributed by atoms with Gasteiger partial charge in [0, 0.05) is 0 Å². The van der Waals surface area contributed by atoms with Crippen molar-refractivity contribution in [2.75, 3.05) is 0 Å². The van der Waals surface area contributed by atoms with Gasteiger partial charge in [0.15, 0.2) is 5.78 Å². The molecule has 1 nitrogen and oxygen atoms in total. The van der Waals surface area contributed by atoms with Gasteiger partial charge in [0.05, 0.1) is 0 Å². The molecule has 0 aliphatic rings. The lowest BCUT2D eigenvalue weighted by Gasteiger charge is -1.87. The summed E-state index contributed by atoms with van der Waals surface area (Å²) in [6.45, 7) is 5.53. The van der Waals surface area contributed by atoms with Crippen LogP contribution in [0.3, 0.4) is 0 Å². The topological polar surface area (TPSA) is 17.1 Å². The zero-order valence-corrected chi connectivity index (χ0v) is 9.60. The Bertz CT molecular complexity index is 320. The molecule has 0 bridgehead atoms. The molecule has 80 valence electrons. The molecule has 15 heavy (non-hydrogen) atoms. The van der Waals surface area contributed by atoms with Crippen LogP contribution in [-0.4, -0.2) is 5.78 Å². The van der Waals surface area contributed by atoms with Crippen molar-refractivity contribution in [3.63, 3.8) is 0 Å². The average molecular weight is 202 g/mol. The van der Waals surface area contributed by atoms with E-state index in [0.29, 0.717) is 0 Å². The van der Waals surface area contributed by atoms with Gasteiger partial charge in [0.25, 0.3) is 0 Å². The number of benzene rings is 1. The Labute approximate surface area is 92.1 Å². The van der Waals surface area contributed by atoms with Gasteiger partial charge in [0.2, 0.25) is 0 Å². The summed E-state index contributed by atoms with van der Waals surface area (Å²) in [7, 11) is 0. The highest BCUT2D eigenvalue weighted by Gasteiger charge is 1.80. The van der Waals surface area contributed by atoms with Crippen molar-refractivity contribution in [3.8, 4) is 0 Å². The first-order valence-corrected chi connectivity index (χ1v) is 5.19. The van der Waals surface area contributed by atoms with E-state index >= 15 is 0 Å². The van der Waals surface area contributed by atoms with E-state index < -0.39 is 0 Å². The predicted molar refractivity (Wildman–Crippen MR) is 66.6 cm³/mol. The molecule has 0 radical (unpaired) electrons. The normalized spacial score (nSPS) is 10.1. The molecule has 0 aromatic heterocycles. The van der Waals surface area contributed by atoms with Crippen LogP contribution in [0.4, 0.5) is 0 Å². The standard InChI is InChI=1S/C12H12O.C2H6/c1-11(13)7-5-6-10-12-8-3-2-4-9-12;1-2/h2-10H,1H3;1-2H3/b7-5+,10-6+;. The van der Waals surface area contributed by atoms with E-state index in [-0.39, 0.29) is 5.78 Å². The van der Waals surface area contributed by atoms with E-state index in [4.69, 9.17) is 0 Å². The number of carbonyl (C=O) groups is 1. The molecule has 0 atom stereocenters. The third kappa shape index (κ3) is 7.44. The Morgan fingerprint density at radius 1 is 1.07 bits per heavy atom. The third-order valence-corrected chi connectivity index (χ3v) is 1.53. The lowest BCUT2D eigenvalue weighted by molar-refractivity contribution is -0.112. The molecule has 1 aromatic carbocycles. The zero-order chi connectivity index (χ0) is 11.5. The van der Waals surface area contributed by atoms with Crippen LogP contribution in [0, 0.1) is 0 Å². The first kappa shape index (κ1) is 13.4. The van der Waals surface area contributed by atoms with Crippen molar-refractivity contribution in [2.24, 2.45) is 0 Å². The second-order valence-corrected chi connectivity index (χ2v) is 2.74. The van der Waals surface area contributed by atoms with Crippen molar-refractivity contribution in [2.45, 2.75) is 20.8 Å². The van der Waals surface area contributed by atoms with Crippen LogP contribution in [0.5, 0.6) is 0 Å². The summed E-state index contributed by atoms with van der Waals surface area (Å²) >= 11 is 0. The van der Waals surface area contributed by atoms with E-state index in [1.807, 2.05) is 56.3 Å². The Hall–Kier alpha value is -1.63. The summed E-state index contributed by atoms with van der Waals surface area (Å²) in [5, 5.41) is 0. The average Bonchev–Trinajstić information content (AvgIpc) is 2.28. The molecular formula is C14H18O. The Morgan fingerprint density at radius 2 is 1.67 bits per heavy atom. The van der Waals surface area contributed by atoms with Crippen LogP contribution in [0.1, 0.15) is 26.3 Å². The minimum absolute atomic E-state index is 0.0673. The summed E-state index contributed by atoms with van der Waals surface area (Å²) in [6, 6.07) is 9.96. The summed E-state index contributed by atoms with van der Waals surface area (Å²) in [6.07, 6.45) is 7.10. The molecule has 0 spiro atoms. The van der Waals surface area contributed by atoms with Crippen LogP contribution in [0.25, 0.3) is 6.08 Å². The van der Waals surface area contributed by atoms with Crippen molar-refractivity contribution < 1.29 is 4.79 Å². The number of rotatable bonds is 3. The zero-order valence-electron chi connectivity index (χ0n) is 9.60. The minimum Gasteiger partial charge on any atom is -0.295 e. The molecule has 0 saturated heterocycles. The Morgan fingerprint density at radius 3 is 2.20 bits per heavy atom. The van der Waals surface area contributed by atoms with E-state index in [9.17, 15) is 4.79 Å². The molecule has 0 aliphatic carbocycles. The van der Waals surface area contributed by atoms with Gasteiger partial charge < -0.3 is 0 Å². The van der Waals surface area contributed by atoms with Crippen LogP contribution in [0.15, 0.2) is 48.6 Å². The second-order valence-electron chi connectivity index (χ2n) is 2.74. The van der Waals surface area contributed by atoms with E-state index in [1.54, 1.807) is 12.2 Å². The summed E-state index contributed by atoms with van der Waals surface area (Å²) in [5.74, 6) is 0.0673. The Kier molecular flexibility index (Phi) is 7.97. The fourth-order valence-corrected chi connectivity index (χ4v) is 0.922. The fraction of sp³-hybridized carbons (Fsp3) is 0.214. The molecule has 0 unspecified atom stereocenters. The maximum Gasteiger partial charge on any atom is 0.152 e. The van der Waals surface area contributed by atoms with Crippen molar-refractivity contribution >= 4 is 11.9 Å². The number of allylic oxidation sites excluding steroid dienone is 3. The highest BCUT2D eigenvalue weighted by molar-refractivity contribution is 5.87. The Balaban J connectivity index is 0.000000921. The van der Waals surface area contributed by atoms with Gasteiger partial charge in [0.1, 0.15) is 0 Å². The summed E-state index contributed by atoms with van der Waals surface area (Å²) in [5.41, 5.74) is 1.13. The molecule has 0 heterocycles. The van der Waals surface area contributed by atoms with Gasteiger partial charge in [-0.25, -0.2) is 0 Å².